The van der Waals surface area contributed by atoms with E-state index in [0.717, 1.165) is 17.2 Å². The van der Waals surface area contributed by atoms with E-state index in [1.165, 1.54) is 0 Å². The largest absolute Gasteiger partial charge is 0.507 e. The van der Waals surface area contributed by atoms with Gasteiger partial charge in [0.05, 0.1) is 7.05 Å². The Kier molecular flexibility index (Phi) is 2.19. The van der Waals surface area contributed by atoms with Crippen molar-refractivity contribution in [1.29, 1.82) is 0 Å². The van der Waals surface area contributed by atoms with Crippen molar-refractivity contribution in [3.63, 3.8) is 0 Å². The Morgan fingerprint density at radius 3 is 2.53 bits per heavy atom. The summed E-state index contributed by atoms with van der Waals surface area (Å²) in [6.45, 7) is 1.93. The van der Waals surface area contributed by atoms with Crippen molar-refractivity contribution in [2.24, 2.45) is 14.1 Å². The normalized spacial score (nSPS) is 10.6. The summed E-state index contributed by atoms with van der Waals surface area (Å²) in [6.07, 6.45) is 0. The quantitative estimate of drug-likeness (QED) is 0.702. The van der Waals surface area contributed by atoms with Crippen molar-refractivity contribution in [2.75, 3.05) is 0 Å². The Morgan fingerprint density at radius 1 is 1.33 bits per heavy atom. The van der Waals surface area contributed by atoms with Gasteiger partial charge in [0, 0.05) is 6.92 Å². The first-order chi connectivity index (χ1) is 7.11. The lowest BCUT2D eigenvalue weighted by molar-refractivity contribution is -0.742. The summed E-state index contributed by atoms with van der Waals surface area (Å²) in [5.41, 5.74) is 0.753. The van der Waals surface area contributed by atoms with E-state index in [1.807, 2.05) is 42.5 Å². The Morgan fingerprint density at radius 2 is 2.00 bits per heavy atom. The van der Waals surface area contributed by atoms with Crippen LogP contribution in [-0.2, 0) is 14.1 Å². The van der Waals surface area contributed by atoms with Gasteiger partial charge in [-0.3, -0.25) is 0 Å². The third-order valence-electron chi connectivity index (χ3n) is 2.64. The lowest BCUT2D eigenvalue weighted by Crippen LogP contribution is -2.39. The van der Waals surface area contributed by atoms with Gasteiger partial charge in [-0.25, -0.2) is 0 Å². The predicted octanol–water partition coefficient (Wildman–Crippen LogP) is 0.926. The van der Waals surface area contributed by atoms with E-state index in [9.17, 15) is 5.11 Å². The van der Waals surface area contributed by atoms with Gasteiger partial charge in [0.15, 0.2) is 0 Å². The van der Waals surface area contributed by atoms with Gasteiger partial charge in [-0.1, -0.05) is 12.1 Å². The topological polar surface area (TPSA) is 41.9 Å². The van der Waals surface area contributed by atoms with Crippen molar-refractivity contribution in [3.05, 3.63) is 30.1 Å². The first kappa shape index (κ1) is 9.71. The lowest BCUT2D eigenvalue weighted by Gasteiger charge is -1.98. The van der Waals surface area contributed by atoms with Crippen LogP contribution in [0, 0.1) is 6.92 Å². The molecule has 0 aliphatic carbocycles. The number of hydrogen-bond donors (Lipinski definition) is 1. The second-order valence-electron chi connectivity index (χ2n) is 3.55. The zero-order valence-corrected chi connectivity index (χ0v) is 9.10. The van der Waals surface area contributed by atoms with Gasteiger partial charge in [-0.05, 0) is 17.1 Å². The summed E-state index contributed by atoms with van der Waals surface area (Å²) >= 11 is 0. The average Bonchev–Trinajstić information content (AvgIpc) is 2.47. The molecule has 0 bridgehead atoms. The molecule has 4 heteroatoms. The molecule has 0 amide bonds. The molecule has 0 radical (unpaired) electrons. The van der Waals surface area contributed by atoms with Crippen LogP contribution >= 0.6 is 0 Å². The highest BCUT2D eigenvalue weighted by molar-refractivity contribution is 5.60. The van der Waals surface area contributed by atoms with Crippen molar-refractivity contribution < 1.29 is 9.79 Å². The Bertz CT molecular complexity index is 503. The minimum absolute atomic E-state index is 0.256. The van der Waals surface area contributed by atoms with E-state index in [2.05, 4.69) is 4.98 Å². The van der Waals surface area contributed by atoms with Crippen molar-refractivity contribution in [3.8, 4) is 17.1 Å². The van der Waals surface area contributed by atoms with Crippen molar-refractivity contribution in [2.45, 2.75) is 6.92 Å². The Balaban J connectivity index is 2.65. The number of hydrogen-bond acceptors (Lipinski definition) is 2. The first-order valence-corrected chi connectivity index (χ1v) is 4.79. The monoisotopic (exact) mass is 204 g/mol. The molecule has 15 heavy (non-hydrogen) atoms. The summed E-state index contributed by atoms with van der Waals surface area (Å²) in [5, 5.41) is 9.73. The van der Waals surface area contributed by atoms with Gasteiger partial charge in [-0.2, -0.15) is 9.36 Å². The second-order valence-corrected chi connectivity index (χ2v) is 3.55. The number of rotatable bonds is 1. The van der Waals surface area contributed by atoms with E-state index < -0.39 is 0 Å². The number of aryl methyl sites for hydroxylation is 1. The molecule has 78 valence electrons. The summed E-state index contributed by atoms with van der Waals surface area (Å²) in [7, 11) is 3.85. The zero-order chi connectivity index (χ0) is 11.0. The van der Waals surface area contributed by atoms with Gasteiger partial charge >= 0.3 is 5.82 Å². The number of phenolic OH excluding ortho intramolecular Hbond substituents is 1. The third kappa shape index (κ3) is 1.48. The van der Waals surface area contributed by atoms with Gasteiger partial charge in [0.2, 0.25) is 0 Å². The van der Waals surface area contributed by atoms with Crippen LogP contribution in [-0.4, -0.2) is 14.8 Å². The van der Waals surface area contributed by atoms with E-state index in [0.29, 0.717) is 0 Å². The maximum absolute atomic E-state index is 9.73. The molecular weight excluding hydrogens is 190 g/mol. The number of phenols is 1. The molecule has 0 atom stereocenters. The molecule has 0 unspecified atom stereocenters. The second kappa shape index (κ2) is 3.38. The van der Waals surface area contributed by atoms with Crippen LogP contribution in [0.25, 0.3) is 11.4 Å². The summed E-state index contributed by atoms with van der Waals surface area (Å²) in [6, 6.07) is 7.21. The van der Waals surface area contributed by atoms with Gasteiger partial charge in [0.25, 0.3) is 5.82 Å². The van der Waals surface area contributed by atoms with Gasteiger partial charge < -0.3 is 5.11 Å². The number of nitrogens with zero attached hydrogens (tertiary/aromatic N) is 3. The SMILES string of the molecule is Cc1nc(-c2ccccc2O)[n+](C)n1C. The van der Waals surface area contributed by atoms with Crippen LogP contribution in [0.15, 0.2) is 24.3 Å². The molecule has 1 aromatic carbocycles. The molecule has 0 aliphatic rings. The molecule has 0 spiro atoms. The van der Waals surface area contributed by atoms with Gasteiger partial charge in [0.1, 0.15) is 18.4 Å². The fraction of sp³-hybridized carbons (Fsp3) is 0.273. The molecule has 2 rings (SSSR count). The number of benzene rings is 1. The Labute approximate surface area is 88.4 Å². The highest BCUT2D eigenvalue weighted by Crippen LogP contribution is 2.24. The molecule has 2 aromatic rings. The first-order valence-electron chi connectivity index (χ1n) is 4.79. The summed E-state index contributed by atoms with van der Waals surface area (Å²) in [5.74, 6) is 1.94. The lowest BCUT2D eigenvalue weighted by atomic mass is 10.2. The molecule has 1 aromatic heterocycles. The fourth-order valence-electron chi connectivity index (χ4n) is 1.55. The molecule has 1 heterocycles. The zero-order valence-electron chi connectivity index (χ0n) is 9.10. The van der Waals surface area contributed by atoms with Crippen LogP contribution < -0.4 is 4.68 Å². The van der Waals surface area contributed by atoms with Crippen LogP contribution in [0.3, 0.4) is 0 Å². The predicted molar refractivity (Wildman–Crippen MR) is 56.2 cm³/mol. The van der Waals surface area contributed by atoms with Crippen LogP contribution in [0.2, 0.25) is 0 Å². The number of para-hydroxylation sites is 1. The number of aromatic nitrogens is 3. The van der Waals surface area contributed by atoms with Crippen molar-refractivity contribution in [1.82, 2.24) is 9.67 Å². The van der Waals surface area contributed by atoms with E-state index >= 15 is 0 Å². The van der Waals surface area contributed by atoms with Crippen LogP contribution in [0.5, 0.6) is 5.75 Å². The highest BCUT2D eigenvalue weighted by atomic mass is 16.3. The minimum atomic E-state index is 0.256. The van der Waals surface area contributed by atoms with Crippen LogP contribution in [0.4, 0.5) is 0 Å². The summed E-state index contributed by atoms with van der Waals surface area (Å²) in [4.78, 5) is 4.41. The third-order valence-corrected chi connectivity index (χ3v) is 2.64. The molecular formula is C11H14N3O+. The summed E-state index contributed by atoms with van der Waals surface area (Å²) < 4.78 is 3.84. The highest BCUT2D eigenvalue weighted by Gasteiger charge is 2.21. The molecule has 1 N–H and O–H groups in total. The minimum Gasteiger partial charge on any atom is -0.507 e. The van der Waals surface area contributed by atoms with E-state index in [4.69, 9.17) is 0 Å². The standard InChI is InChI=1S/C11H13N3O/c1-8-12-11(14(3)13(8)2)9-6-4-5-7-10(9)15/h4-7H,1-3H3/p+1. The molecule has 0 saturated heterocycles. The maximum Gasteiger partial charge on any atom is 0.354 e. The van der Waals surface area contributed by atoms with E-state index in [-0.39, 0.29) is 5.75 Å². The molecule has 0 fully saturated rings. The molecule has 0 aliphatic heterocycles. The van der Waals surface area contributed by atoms with Gasteiger partial charge in [-0.15, -0.1) is 0 Å². The van der Waals surface area contributed by atoms with Crippen LogP contribution in [0.1, 0.15) is 5.82 Å². The molecule has 0 saturated carbocycles. The maximum atomic E-state index is 9.73. The fourth-order valence-corrected chi connectivity index (χ4v) is 1.55. The smallest absolute Gasteiger partial charge is 0.354 e. The van der Waals surface area contributed by atoms with E-state index in [1.54, 1.807) is 12.1 Å². The van der Waals surface area contributed by atoms with Crippen molar-refractivity contribution >= 4 is 0 Å². The molecule has 4 nitrogen and oxygen atoms in total. The Hall–Kier alpha value is -1.84. The number of aromatic hydroxyl groups is 1. The average molecular weight is 204 g/mol.